The smallest absolute Gasteiger partial charge is 0.119 e. The molecule has 1 fully saturated rings. The zero-order valence-corrected chi connectivity index (χ0v) is 16.2. The molecular weight excluding hydrogens is 322 g/mol. The molecule has 3 heteroatoms. The normalized spacial score (nSPS) is 24.4. The molecule has 1 aliphatic rings. The van der Waals surface area contributed by atoms with E-state index in [1.165, 1.54) is 0 Å². The SMILES string of the molecule is COc1cccc(/C=C2\CCC(CN(C)C)C2(O)c2ccccc2C)c1. The van der Waals surface area contributed by atoms with E-state index in [-0.39, 0.29) is 5.92 Å². The van der Waals surface area contributed by atoms with Crippen LogP contribution in [0, 0.1) is 12.8 Å². The minimum absolute atomic E-state index is 0.176. The summed E-state index contributed by atoms with van der Waals surface area (Å²) >= 11 is 0. The zero-order valence-electron chi connectivity index (χ0n) is 16.2. The maximum atomic E-state index is 12.0. The molecule has 0 heterocycles. The monoisotopic (exact) mass is 351 g/mol. The largest absolute Gasteiger partial charge is 0.497 e. The number of hydrogen-bond donors (Lipinski definition) is 1. The third-order valence-electron chi connectivity index (χ3n) is 5.42. The van der Waals surface area contributed by atoms with E-state index in [0.29, 0.717) is 0 Å². The summed E-state index contributed by atoms with van der Waals surface area (Å²) in [5.41, 5.74) is 3.39. The molecule has 1 saturated carbocycles. The van der Waals surface area contributed by atoms with E-state index in [4.69, 9.17) is 4.74 Å². The predicted octanol–water partition coefficient (Wildman–Crippen LogP) is 4.25. The Balaban J connectivity index is 2.08. The minimum Gasteiger partial charge on any atom is -0.497 e. The van der Waals surface area contributed by atoms with E-state index in [0.717, 1.165) is 47.4 Å². The average molecular weight is 351 g/mol. The minimum atomic E-state index is -0.932. The highest BCUT2D eigenvalue weighted by molar-refractivity contribution is 5.60. The highest BCUT2D eigenvalue weighted by atomic mass is 16.5. The third kappa shape index (κ3) is 3.55. The zero-order chi connectivity index (χ0) is 18.7. The lowest BCUT2D eigenvalue weighted by molar-refractivity contribution is 0.0211. The first kappa shape index (κ1) is 18.7. The number of methoxy groups -OCH3 is 1. The van der Waals surface area contributed by atoms with Crippen LogP contribution in [-0.4, -0.2) is 37.8 Å². The Labute approximate surface area is 156 Å². The molecule has 138 valence electrons. The summed E-state index contributed by atoms with van der Waals surface area (Å²) in [6.07, 6.45) is 4.03. The summed E-state index contributed by atoms with van der Waals surface area (Å²) < 4.78 is 5.35. The van der Waals surface area contributed by atoms with Crippen LogP contribution in [0.1, 0.15) is 29.5 Å². The van der Waals surface area contributed by atoms with Gasteiger partial charge in [0, 0.05) is 12.5 Å². The predicted molar refractivity (Wildman–Crippen MR) is 107 cm³/mol. The summed E-state index contributed by atoms with van der Waals surface area (Å²) in [7, 11) is 5.82. The van der Waals surface area contributed by atoms with Gasteiger partial charge >= 0.3 is 0 Å². The molecule has 0 saturated heterocycles. The summed E-state index contributed by atoms with van der Waals surface area (Å²) in [6, 6.07) is 16.2. The molecule has 0 bridgehead atoms. The molecule has 0 amide bonds. The second-order valence-electron chi connectivity index (χ2n) is 7.53. The van der Waals surface area contributed by atoms with Gasteiger partial charge in [-0.2, -0.15) is 0 Å². The lowest BCUT2D eigenvalue weighted by Gasteiger charge is -2.35. The first-order valence-electron chi connectivity index (χ1n) is 9.23. The van der Waals surface area contributed by atoms with Gasteiger partial charge < -0.3 is 14.7 Å². The van der Waals surface area contributed by atoms with Gasteiger partial charge in [-0.15, -0.1) is 0 Å². The molecule has 0 radical (unpaired) electrons. The number of ether oxygens (including phenoxy) is 1. The Morgan fingerprint density at radius 1 is 1.19 bits per heavy atom. The first-order chi connectivity index (χ1) is 12.4. The third-order valence-corrected chi connectivity index (χ3v) is 5.42. The van der Waals surface area contributed by atoms with Crippen molar-refractivity contribution in [2.45, 2.75) is 25.4 Å². The van der Waals surface area contributed by atoms with Crippen molar-refractivity contribution in [2.24, 2.45) is 5.92 Å². The fourth-order valence-electron chi connectivity index (χ4n) is 4.16. The van der Waals surface area contributed by atoms with E-state index >= 15 is 0 Å². The van der Waals surface area contributed by atoms with Crippen LogP contribution in [0.4, 0.5) is 0 Å². The molecule has 1 N–H and O–H groups in total. The number of nitrogens with zero attached hydrogens (tertiary/aromatic N) is 1. The van der Waals surface area contributed by atoms with Crippen molar-refractivity contribution in [1.29, 1.82) is 0 Å². The maximum Gasteiger partial charge on any atom is 0.119 e. The molecule has 1 aliphatic carbocycles. The van der Waals surface area contributed by atoms with Gasteiger partial charge in [-0.25, -0.2) is 0 Å². The fraction of sp³-hybridized carbons (Fsp3) is 0.391. The van der Waals surface area contributed by atoms with E-state index in [1.807, 2.05) is 30.3 Å². The van der Waals surface area contributed by atoms with Crippen molar-refractivity contribution in [3.8, 4) is 5.75 Å². The van der Waals surface area contributed by atoms with Gasteiger partial charge in [-0.1, -0.05) is 42.5 Å². The average Bonchev–Trinajstić information content (AvgIpc) is 2.92. The summed E-state index contributed by atoms with van der Waals surface area (Å²) in [5, 5.41) is 12.0. The molecular formula is C23H29NO2. The molecule has 2 atom stereocenters. The lowest BCUT2D eigenvalue weighted by Crippen LogP contribution is -2.38. The van der Waals surface area contributed by atoms with Gasteiger partial charge in [0.2, 0.25) is 0 Å². The van der Waals surface area contributed by atoms with Crippen LogP contribution in [0.5, 0.6) is 5.75 Å². The standard InChI is InChI=1S/C23H29NO2/c1-17-8-5-6-11-22(17)23(25)19(12-13-20(23)16-24(2)3)14-18-9-7-10-21(15-18)26-4/h5-11,14-15,20,25H,12-13,16H2,1-4H3/b19-14+. The Morgan fingerprint density at radius 3 is 2.65 bits per heavy atom. The van der Waals surface area contributed by atoms with Gasteiger partial charge in [0.1, 0.15) is 11.4 Å². The van der Waals surface area contributed by atoms with Gasteiger partial charge in [-0.3, -0.25) is 0 Å². The number of rotatable bonds is 5. The second-order valence-corrected chi connectivity index (χ2v) is 7.53. The van der Waals surface area contributed by atoms with Crippen LogP contribution in [-0.2, 0) is 5.60 Å². The molecule has 2 unspecified atom stereocenters. The molecule has 0 aromatic heterocycles. The van der Waals surface area contributed by atoms with Crippen molar-refractivity contribution < 1.29 is 9.84 Å². The van der Waals surface area contributed by atoms with Crippen molar-refractivity contribution in [1.82, 2.24) is 4.90 Å². The first-order valence-corrected chi connectivity index (χ1v) is 9.23. The van der Waals surface area contributed by atoms with Crippen molar-refractivity contribution in [2.75, 3.05) is 27.7 Å². The van der Waals surface area contributed by atoms with E-state index in [2.05, 4.69) is 50.2 Å². The summed E-state index contributed by atoms with van der Waals surface area (Å²) in [4.78, 5) is 2.17. The molecule has 0 aliphatic heterocycles. The molecule has 3 nitrogen and oxygen atoms in total. The summed E-state index contributed by atoms with van der Waals surface area (Å²) in [6.45, 7) is 2.95. The van der Waals surface area contributed by atoms with Gasteiger partial charge in [0.15, 0.2) is 0 Å². The fourth-order valence-corrected chi connectivity index (χ4v) is 4.16. The Hall–Kier alpha value is -2.10. The molecule has 3 rings (SSSR count). The van der Waals surface area contributed by atoms with Gasteiger partial charge in [0.25, 0.3) is 0 Å². The Bertz CT molecular complexity index is 796. The van der Waals surface area contributed by atoms with E-state index < -0.39 is 5.60 Å². The highest BCUT2D eigenvalue weighted by Crippen LogP contribution is 2.49. The Morgan fingerprint density at radius 2 is 1.96 bits per heavy atom. The maximum absolute atomic E-state index is 12.0. The number of aliphatic hydroxyl groups is 1. The lowest BCUT2D eigenvalue weighted by atomic mass is 9.78. The van der Waals surface area contributed by atoms with Crippen LogP contribution in [0.3, 0.4) is 0 Å². The van der Waals surface area contributed by atoms with Gasteiger partial charge in [0.05, 0.1) is 7.11 Å². The van der Waals surface area contributed by atoms with Crippen LogP contribution in [0.15, 0.2) is 54.1 Å². The number of hydrogen-bond acceptors (Lipinski definition) is 3. The van der Waals surface area contributed by atoms with Crippen molar-refractivity contribution in [3.63, 3.8) is 0 Å². The summed E-state index contributed by atoms with van der Waals surface area (Å²) in [5.74, 6) is 1.01. The highest BCUT2D eigenvalue weighted by Gasteiger charge is 2.47. The molecule has 2 aromatic rings. The van der Waals surface area contributed by atoms with Crippen molar-refractivity contribution >= 4 is 6.08 Å². The Kier molecular flexibility index (Phi) is 5.49. The molecule has 26 heavy (non-hydrogen) atoms. The topological polar surface area (TPSA) is 32.7 Å². The molecule has 2 aromatic carbocycles. The van der Waals surface area contributed by atoms with Crippen LogP contribution < -0.4 is 4.74 Å². The van der Waals surface area contributed by atoms with E-state index in [9.17, 15) is 5.11 Å². The number of aryl methyl sites for hydroxylation is 1. The second kappa shape index (κ2) is 7.65. The van der Waals surface area contributed by atoms with Crippen LogP contribution in [0.2, 0.25) is 0 Å². The van der Waals surface area contributed by atoms with Crippen LogP contribution in [0.25, 0.3) is 6.08 Å². The van der Waals surface area contributed by atoms with E-state index in [1.54, 1.807) is 7.11 Å². The molecule has 0 spiro atoms. The quantitative estimate of drug-likeness (QED) is 0.874. The van der Waals surface area contributed by atoms with Crippen LogP contribution >= 0.6 is 0 Å². The van der Waals surface area contributed by atoms with Crippen molar-refractivity contribution in [3.05, 3.63) is 70.8 Å². The number of benzene rings is 2. The van der Waals surface area contributed by atoms with Gasteiger partial charge in [-0.05, 0) is 68.3 Å².